The van der Waals surface area contributed by atoms with E-state index in [4.69, 9.17) is 0 Å². The van der Waals surface area contributed by atoms with Crippen molar-refractivity contribution in [3.8, 4) is 0 Å². The second kappa shape index (κ2) is 6.61. The smallest absolute Gasteiger partial charge is 0.238 e. The molecule has 1 aliphatic heterocycles. The minimum Gasteiger partial charge on any atom is -0.322 e. The highest BCUT2D eigenvalue weighted by molar-refractivity contribution is 5.80. The number of rotatable bonds is 5. The summed E-state index contributed by atoms with van der Waals surface area (Å²) in [7, 11) is 0. The molecule has 1 fully saturated rings. The molecule has 0 spiro atoms. The Balaban J connectivity index is 2.10. The molecule has 0 saturated carbocycles. The Morgan fingerprint density at radius 2 is 1.86 bits per heavy atom. The summed E-state index contributed by atoms with van der Waals surface area (Å²) in [5.74, 6) is 0.219. The maximum Gasteiger partial charge on any atom is 0.238 e. The molecule has 0 aromatic heterocycles. The number of carbonyl (C=O) groups is 1. The second-order valence-corrected chi connectivity index (χ2v) is 6.95. The molecule has 1 heterocycles. The van der Waals surface area contributed by atoms with E-state index in [1.165, 1.54) is 24.0 Å². The molecule has 1 atom stereocenters. The first-order chi connectivity index (χ1) is 9.93. The van der Waals surface area contributed by atoms with E-state index in [-0.39, 0.29) is 17.5 Å². The Kier molecular flexibility index (Phi) is 5.04. The van der Waals surface area contributed by atoms with E-state index in [9.17, 15) is 4.79 Å². The van der Waals surface area contributed by atoms with Gasteiger partial charge in [0.05, 0.1) is 6.54 Å². The van der Waals surface area contributed by atoms with Crippen molar-refractivity contribution in [2.24, 2.45) is 0 Å². The van der Waals surface area contributed by atoms with Crippen LogP contribution in [0.3, 0.4) is 0 Å². The minimum atomic E-state index is 0.0448. The minimum absolute atomic E-state index is 0.0448. The van der Waals surface area contributed by atoms with Crippen molar-refractivity contribution in [1.82, 2.24) is 10.2 Å². The Bertz CT molecular complexity index is 473. The molecule has 116 valence electrons. The SMILES string of the molecule is CCCCCN1C(=O)CNC1c1ccc(C(C)(C)C)cc1. The van der Waals surface area contributed by atoms with Crippen LogP contribution in [-0.2, 0) is 10.2 Å². The molecule has 1 aliphatic rings. The van der Waals surface area contributed by atoms with Crippen LogP contribution >= 0.6 is 0 Å². The molecule has 1 saturated heterocycles. The Hall–Kier alpha value is -1.35. The van der Waals surface area contributed by atoms with Gasteiger partial charge in [-0.05, 0) is 23.0 Å². The lowest BCUT2D eigenvalue weighted by Crippen LogP contribution is -2.31. The maximum atomic E-state index is 12.0. The quantitative estimate of drug-likeness (QED) is 0.840. The zero-order chi connectivity index (χ0) is 15.5. The molecular weight excluding hydrogens is 260 g/mol. The summed E-state index contributed by atoms with van der Waals surface area (Å²) in [5, 5.41) is 3.33. The van der Waals surface area contributed by atoms with E-state index in [1.807, 2.05) is 4.90 Å². The van der Waals surface area contributed by atoms with Crippen molar-refractivity contribution in [2.45, 2.75) is 58.5 Å². The molecule has 1 unspecified atom stereocenters. The summed E-state index contributed by atoms with van der Waals surface area (Å²) in [6.45, 7) is 10.2. The van der Waals surface area contributed by atoms with Gasteiger partial charge in [-0.1, -0.05) is 64.8 Å². The first-order valence-corrected chi connectivity index (χ1v) is 8.07. The largest absolute Gasteiger partial charge is 0.322 e. The number of nitrogens with one attached hydrogen (secondary N) is 1. The van der Waals surface area contributed by atoms with Gasteiger partial charge in [-0.25, -0.2) is 0 Å². The van der Waals surface area contributed by atoms with Gasteiger partial charge < -0.3 is 4.90 Å². The zero-order valence-corrected chi connectivity index (χ0v) is 13.8. The van der Waals surface area contributed by atoms with E-state index >= 15 is 0 Å². The van der Waals surface area contributed by atoms with Crippen LogP contribution in [0.25, 0.3) is 0 Å². The third-order valence-electron chi connectivity index (χ3n) is 4.17. The lowest BCUT2D eigenvalue weighted by molar-refractivity contribution is -0.128. The van der Waals surface area contributed by atoms with Gasteiger partial charge >= 0.3 is 0 Å². The van der Waals surface area contributed by atoms with Crippen molar-refractivity contribution in [1.29, 1.82) is 0 Å². The van der Waals surface area contributed by atoms with Crippen LogP contribution in [-0.4, -0.2) is 23.9 Å². The van der Waals surface area contributed by atoms with Crippen LogP contribution in [0.4, 0.5) is 0 Å². The number of amides is 1. The highest BCUT2D eigenvalue weighted by Crippen LogP contribution is 2.27. The highest BCUT2D eigenvalue weighted by Gasteiger charge is 2.31. The summed E-state index contributed by atoms with van der Waals surface area (Å²) in [5.41, 5.74) is 2.68. The zero-order valence-electron chi connectivity index (χ0n) is 13.8. The van der Waals surface area contributed by atoms with Crippen molar-refractivity contribution in [2.75, 3.05) is 13.1 Å². The van der Waals surface area contributed by atoms with Gasteiger partial charge in [-0.2, -0.15) is 0 Å². The number of nitrogens with zero attached hydrogens (tertiary/aromatic N) is 1. The van der Waals surface area contributed by atoms with Gasteiger partial charge in [0, 0.05) is 6.54 Å². The molecule has 21 heavy (non-hydrogen) atoms. The number of hydrogen-bond donors (Lipinski definition) is 1. The molecule has 2 rings (SSSR count). The standard InChI is InChI=1S/C18H28N2O/c1-5-6-7-12-20-16(21)13-19-17(20)14-8-10-15(11-9-14)18(2,3)4/h8-11,17,19H,5-7,12-13H2,1-4H3. The lowest BCUT2D eigenvalue weighted by Gasteiger charge is -2.26. The maximum absolute atomic E-state index is 12.0. The summed E-state index contributed by atoms with van der Waals surface area (Å²) < 4.78 is 0. The van der Waals surface area contributed by atoms with E-state index in [0.717, 1.165) is 13.0 Å². The van der Waals surface area contributed by atoms with Crippen molar-refractivity contribution in [3.05, 3.63) is 35.4 Å². The predicted octanol–water partition coefficient (Wildman–Crippen LogP) is 3.60. The molecule has 0 bridgehead atoms. The third-order valence-corrected chi connectivity index (χ3v) is 4.17. The Labute approximate surface area is 128 Å². The van der Waals surface area contributed by atoms with Crippen molar-refractivity contribution >= 4 is 5.91 Å². The number of benzene rings is 1. The number of hydrogen-bond acceptors (Lipinski definition) is 2. The highest BCUT2D eigenvalue weighted by atomic mass is 16.2. The summed E-state index contributed by atoms with van der Waals surface area (Å²) >= 11 is 0. The van der Waals surface area contributed by atoms with Crippen molar-refractivity contribution in [3.63, 3.8) is 0 Å². The predicted molar refractivity (Wildman–Crippen MR) is 87.1 cm³/mol. The van der Waals surface area contributed by atoms with E-state index < -0.39 is 0 Å². The molecule has 1 aromatic rings. The van der Waals surface area contributed by atoms with Crippen LogP contribution in [0, 0.1) is 0 Å². The molecule has 1 amide bonds. The molecular formula is C18H28N2O. The fraction of sp³-hybridized carbons (Fsp3) is 0.611. The Morgan fingerprint density at radius 3 is 2.43 bits per heavy atom. The second-order valence-electron chi connectivity index (χ2n) is 6.95. The normalized spacial score (nSPS) is 19.3. The average Bonchev–Trinajstić information content (AvgIpc) is 2.80. The number of carbonyl (C=O) groups excluding carboxylic acids is 1. The van der Waals surface area contributed by atoms with Crippen LogP contribution in [0.5, 0.6) is 0 Å². The van der Waals surface area contributed by atoms with Gasteiger partial charge in [0.1, 0.15) is 6.17 Å². The van der Waals surface area contributed by atoms with Crippen LogP contribution < -0.4 is 5.32 Å². The van der Waals surface area contributed by atoms with Gasteiger partial charge in [-0.3, -0.25) is 10.1 Å². The molecule has 0 aliphatic carbocycles. The third kappa shape index (κ3) is 3.85. The first kappa shape index (κ1) is 16.0. The topological polar surface area (TPSA) is 32.3 Å². The lowest BCUT2D eigenvalue weighted by atomic mass is 9.86. The van der Waals surface area contributed by atoms with Gasteiger partial charge in [0.2, 0.25) is 5.91 Å². The van der Waals surface area contributed by atoms with E-state index in [1.54, 1.807) is 0 Å². The van der Waals surface area contributed by atoms with E-state index in [0.29, 0.717) is 6.54 Å². The van der Waals surface area contributed by atoms with Gasteiger partial charge in [0.25, 0.3) is 0 Å². The Morgan fingerprint density at radius 1 is 1.19 bits per heavy atom. The fourth-order valence-corrected chi connectivity index (χ4v) is 2.79. The van der Waals surface area contributed by atoms with Gasteiger partial charge in [-0.15, -0.1) is 0 Å². The molecule has 0 radical (unpaired) electrons. The van der Waals surface area contributed by atoms with E-state index in [2.05, 4.69) is 57.3 Å². The summed E-state index contributed by atoms with van der Waals surface area (Å²) in [6, 6.07) is 8.68. The molecule has 3 heteroatoms. The molecule has 1 aromatic carbocycles. The first-order valence-electron chi connectivity index (χ1n) is 8.07. The van der Waals surface area contributed by atoms with Gasteiger partial charge in [0.15, 0.2) is 0 Å². The van der Waals surface area contributed by atoms with Crippen LogP contribution in [0.2, 0.25) is 0 Å². The fourth-order valence-electron chi connectivity index (χ4n) is 2.79. The summed E-state index contributed by atoms with van der Waals surface area (Å²) in [6.07, 6.45) is 3.49. The molecule has 3 nitrogen and oxygen atoms in total. The van der Waals surface area contributed by atoms with Crippen molar-refractivity contribution < 1.29 is 4.79 Å². The monoisotopic (exact) mass is 288 g/mol. The molecule has 1 N–H and O–H groups in total. The number of unbranched alkanes of at least 4 members (excludes halogenated alkanes) is 2. The summed E-state index contributed by atoms with van der Waals surface area (Å²) in [4.78, 5) is 14.0. The van der Waals surface area contributed by atoms with Crippen LogP contribution in [0.15, 0.2) is 24.3 Å². The van der Waals surface area contributed by atoms with Crippen LogP contribution in [0.1, 0.15) is 64.3 Å². The average molecular weight is 288 g/mol.